The van der Waals surface area contributed by atoms with Gasteiger partial charge in [0.2, 0.25) is 18.3 Å². The highest BCUT2D eigenvalue weighted by Crippen LogP contribution is 2.51. The van der Waals surface area contributed by atoms with Crippen LogP contribution in [0.15, 0.2) is 217 Å². The quantitative estimate of drug-likeness (QED) is 0.0243. The monoisotopic (exact) mass is 1320 g/mol. The van der Waals surface area contributed by atoms with Crippen molar-refractivity contribution in [2.24, 2.45) is 23.9 Å². The average Bonchev–Trinajstić information content (AvgIpc) is 1.52. The summed E-state index contributed by atoms with van der Waals surface area (Å²) in [4.78, 5) is 7.39. The third-order valence-corrected chi connectivity index (χ3v) is 20.8. The van der Waals surface area contributed by atoms with E-state index in [0.717, 1.165) is 140 Å². The number of allylic oxidation sites excluding steroid dienone is 1. The number of ether oxygens (including phenoxy) is 4. The number of aryl methyl sites for hydroxylation is 1. The van der Waals surface area contributed by atoms with Crippen LogP contribution < -0.4 is 56.2 Å². The Morgan fingerprint density at radius 1 is 0.610 bits per heavy atom. The Balaban J connectivity index is 1.33. The minimum Gasteiger partial charge on any atom is -0.493 e. The minimum absolute atomic E-state index is 0.122. The summed E-state index contributed by atoms with van der Waals surface area (Å²) in [6.45, 7) is 26.8. The highest BCUT2D eigenvalue weighted by Gasteiger charge is 2.53. The molecule has 0 spiro atoms. The minimum atomic E-state index is -1.52. The largest absolute Gasteiger partial charge is 0.493 e. The molecule has 1 aromatic heterocycles. The zero-order chi connectivity index (χ0) is 70.9. The van der Waals surface area contributed by atoms with Crippen LogP contribution in [0.5, 0.6) is 23.0 Å². The van der Waals surface area contributed by atoms with Gasteiger partial charge >= 0.3 is 6.85 Å². The predicted molar refractivity (Wildman–Crippen MR) is 418 cm³/mol. The van der Waals surface area contributed by atoms with E-state index in [2.05, 4.69) is 312 Å². The third kappa shape index (κ3) is 14.8. The molecule has 0 amide bonds. The van der Waals surface area contributed by atoms with Gasteiger partial charge in [0.15, 0.2) is 0 Å². The van der Waals surface area contributed by atoms with Gasteiger partial charge in [-0.1, -0.05) is 281 Å². The third-order valence-electron chi connectivity index (χ3n) is 20.8. The van der Waals surface area contributed by atoms with Gasteiger partial charge in [0.1, 0.15) is 46.3 Å². The van der Waals surface area contributed by atoms with Crippen molar-refractivity contribution in [2.75, 3.05) is 25.1 Å². The lowest BCUT2D eigenvalue weighted by Gasteiger charge is -2.40. The van der Waals surface area contributed by atoms with E-state index in [1.165, 1.54) is 0 Å². The zero-order valence-corrected chi connectivity index (χ0v) is 61.5. The molecule has 0 radical (unpaired) electrons. The Labute approximate surface area is 596 Å². The fraction of sp³-hybridized carbons (Fsp3) is 0.337. The first-order valence-corrected chi connectivity index (χ1v) is 36.4. The van der Waals surface area contributed by atoms with Crippen molar-refractivity contribution < 1.29 is 18.9 Å². The van der Waals surface area contributed by atoms with Crippen LogP contribution in [0, 0.1) is 41.4 Å². The van der Waals surface area contributed by atoms with E-state index in [0.29, 0.717) is 53.0 Å². The summed E-state index contributed by atoms with van der Waals surface area (Å²) in [6.07, 6.45) is 8.83. The Morgan fingerprint density at radius 3 is 1.54 bits per heavy atom. The highest BCUT2D eigenvalue weighted by molar-refractivity contribution is 6.89. The Morgan fingerprint density at radius 2 is 1.09 bits per heavy atom. The first-order chi connectivity index (χ1) is 48.3. The molecule has 1 aliphatic heterocycles. The van der Waals surface area contributed by atoms with Crippen molar-refractivity contribution in [3.05, 3.63) is 250 Å². The zero-order valence-electron chi connectivity index (χ0n) is 61.5. The molecular formula is C89H99B2N5O4. The molecule has 0 fully saturated rings. The number of fused-ring (bicyclic) bond motifs is 2. The van der Waals surface area contributed by atoms with E-state index in [1.54, 1.807) is 7.05 Å². The second-order valence-corrected chi connectivity index (χ2v) is 29.6. The lowest BCUT2D eigenvalue weighted by molar-refractivity contribution is 0.189. The number of benzene rings is 8. The van der Waals surface area contributed by atoms with Crippen LogP contribution in [0.25, 0.3) is 28.0 Å². The SMILES string of the molecule is CCCCC(CC)COc1ccc(C2=c3c(c(-c4ccc(OCC(CC)CCCC)cc4)n(C)/c3=C(/C#N)C3(C)Oc4ccc(C(C)(C)C)cc4N3B(c3ccccc3)c3ccccc3)/C(=C(C#N)/C(=N\C)Oc3ccc(C(C)(C)C)cc3C)C2B(c2ccccc2)c2ccccc2)cc1. The molecule has 11 heteroatoms. The molecule has 100 heavy (non-hydrogen) atoms. The molecule has 11 rings (SSSR count). The lowest BCUT2D eigenvalue weighted by atomic mass is 9.31. The van der Waals surface area contributed by atoms with Gasteiger partial charge in [-0.25, -0.2) is 0 Å². The number of hydrogen-bond donors (Lipinski definition) is 0. The summed E-state index contributed by atoms with van der Waals surface area (Å²) in [6, 6.07) is 78.1. The molecule has 9 aromatic rings. The van der Waals surface area contributed by atoms with Crippen LogP contribution in [0.3, 0.4) is 0 Å². The summed E-state index contributed by atoms with van der Waals surface area (Å²) < 4.78 is 30.6. The number of aromatic nitrogens is 1. The van der Waals surface area contributed by atoms with E-state index in [4.69, 9.17) is 23.9 Å². The van der Waals surface area contributed by atoms with Gasteiger partial charge < -0.3 is 28.3 Å². The maximum Gasteiger partial charge on any atom is 0.327 e. The van der Waals surface area contributed by atoms with Crippen molar-refractivity contribution >= 4 is 63.7 Å². The van der Waals surface area contributed by atoms with Gasteiger partial charge in [-0.05, 0) is 143 Å². The van der Waals surface area contributed by atoms with Crippen molar-refractivity contribution in [3.8, 4) is 46.4 Å². The molecule has 0 saturated carbocycles. The fourth-order valence-electron chi connectivity index (χ4n) is 15.0. The molecular weight excluding hydrogens is 1220 g/mol. The maximum absolute atomic E-state index is 13.0. The summed E-state index contributed by atoms with van der Waals surface area (Å²) >= 11 is 0. The van der Waals surface area contributed by atoms with Crippen molar-refractivity contribution in [1.82, 2.24) is 4.57 Å². The van der Waals surface area contributed by atoms with E-state index >= 15 is 0 Å². The van der Waals surface area contributed by atoms with Crippen LogP contribution in [0.1, 0.15) is 155 Å². The second kappa shape index (κ2) is 31.2. The second-order valence-electron chi connectivity index (χ2n) is 29.6. The van der Waals surface area contributed by atoms with Gasteiger partial charge in [0.05, 0.1) is 29.9 Å². The molecule has 4 atom stereocenters. The predicted octanol–water partition coefficient (Wildman–Crippen LogP) is 17.2. The van der Waals surface area contributed by atoms with Crippen LogP contribution in [-0.4, -0.2) is 50.0 Å². The lowest BCUT2D eigenvalue weighted by Crippen LogP contribution is -2.66. The van der Waals surface area contributed by atoms with E-state index in [-0.39, 0.29) is 22.3 Å². The van der Waals surface area contributed by atoms with Gasteiger partial charge in [0.25, 0.3) is 0 Å². The fourth-order valence-corrected chi connectivity index (χ4v) is 15.0. The Kier molecular flexibility index (Phi) is 22.4. The van der Waals surface area contributed by atoms with Crippen LogP contribution >= 0.6 is 0 Å². The van der Waals surface area contributed by atoms with Crippen LogP contribution in [0.2, 0.25) is 5.82 Å². The molecule has 8 aromatic carbocycles. The summed E-state index contributed by atoms with van der Waals surface area (Å²) in [7, 11) is 3.79. The molecule has 1 aliphatic carbocycles. The smallest absolute Gasteiger partial charge is 0.327 e. The van der Waals surface area contributed by atoms with E-state index in [1.807, 2.05) is 6.07 Å². The number of hydrogen-bond acceptors (Lipinski definition) is 8. The molecule has 0 saturated heterocycles. The number of rotatable bonds is 25. The topological polar surface area (TPSA) is 105 Å². The van der Waals surface area contributed by atoms with Gasteiger partial charge in [0, 0.05) is 30.7 Å². The number of nitriles is 2. The number of unbranched alkanes of at least 4 members (excludes halogenated alkanes) is 2. The molecule has 0 N–H and O–H groups in total. The van der Waals surface area contributed by atoms with Gasteiger partial charge in [-0.3, -0.25) is 4.99 Å². The average molecular weight is 1320 g/mol. The standard InChI is InChI=1S/C89H99B2N5O4/c1-15-19-33-62(17-3)59-97-72-49-43-64(44-50-72)79-81-82(80(83(79)90(68-35-25-21-26-36-68)69-37-27-22-28-38-69)74(57-92)86(94-13)99-77-53-47-66(55-61(77)5)87(6,7)8)84(65-45-51-73(52-46-65)98-60-63(18-4)34-20-16-2)95(14)85(81)75(58-93)89(12)96(76-56-67(88(9,10)11)48-54-78(76)100-89)91(70-39-29-23-30-40-70)71-41-31-24-32-42-71/h21-32,35-56,62-63,83H,15-20,33-34,59-60H2,1-14H3/b80-74-,85-75-,94-86+. The molecule has 4 unspecified atom stereocenters. The summed E-state index contributed by atoms with van der Waals surface area (Å²) in [5.74, 6) is 3.16. The number of anilines is 1. The van der Waals surface area contributed by atoms with Crippen molar-refractivity contribution in [2.45, 2.75) is 157 Å². The van der Waals surface area contributed by atoms with E-state index < -0.39 is 25.1 Å². The molecule has 9 nitrogen and oxygen atoms in total. The summed E-state index contributed by atoms with van der Waals surface area (Å²) in [5, 5.41) is 27.1. The molecule has 510 valence electrons. The van der Waals surface area contributed by atoms with Crippen molar-refractivity contribution in [3.63, 3.8) is 0 Å². The Hall–Kier alpha value is -9.70. The molecule has 0 bridgehead atoms. The first kappa shape index (κ1) is 71.6. The normalized spacial score (nSPS) is 16.5. The molecule has 2 aliphatic rings. The number of nitrogens with zero attached hydrogens (tertiary/aromatic N) is 5. The maximum atomic E-state index is 13.0. The summed E-state index contributed by atoms with van der Waals surface area (Å²) in [5.41, 5.74) is 12.0. The molecule has 2 heterocycles. The van der Waals surface area contributed by atoms with Gasteiger partial charge in [-0.15, -0.1) is 0 Å². The number of aliphatic imine (C=N–C) groups is 1. The van der Waals surface area contributed by atoms with Gasteiger partial charge in [-0.2, -0.15) is 10.5 Å². The first-order valence-electron chi connectivity index (χ1n) is 36.4. The highest BCUT2D eigenvalue weighted by atomic mass is 16.5. The Bertz CT molecular complexity index is 4520. The van der Waals surface area contributed by atoms with E-state index in [9.17, 15) is 10.5 Å². The van der Waals surface area contributed by atoms with Crippen LogP contribution in [-0.2, 0) is 17.9 Å². The van der Waals surface area contributed by atoms with Crippen molar-refractivity contribution in [1.29, 1.82) is 10.5 Å². The van der Waals surface area contributed by atoms with Crippen LogP contribution in [0.4, 0.5) is 5.69 Å².